The van der Waals surface area contributed by atoms with Crippen molar-refractivity contribution in [1.82, 2.24) is 0 Å². The topological polar surface area (TPSA) is 115 Å². The number of nitrogens with zero attached hydrogens (tertiary/aromatic N) is 2. The predicted molar refractivity (Wildman–Crippen MR) is 173 cm³/mol. The third-order valence-electron chi connectivity index (χ3n) is 7.65. The summed E-state index contributed by atoms with van der Waals surface area (Å²) >= 11 is 0. The van der Waals surface area contributed by atoms with Crippen molar-refractivity contribution in [2.24, 2.45) is 0 Å². The minimum Gasteiger partial charge on any atom is -0.480 e. The summed E-state index contributed by atoms with van der Waals surface area (Å²) in [5.41, 5.74) is 1.70. The highest BCUT2D eigenvalue weighted by atomic mass is 32.2. The standard InChI is InChI=1S/C35H28N2O6S/c38-34(39)22-36(21-26-13-7-11-24-9-1-3-14-27(24)26)31-19-20-32(30-17-6-5-16-29(30)31)37(23-35(40)41)44(42,43)33-18-8-12-25-10-2-4-15-28(25)33/h1-20H,21-23H2,(H,38,39)(H,40,41). The van der Waals surface area contributed by atoms with Gasteiger partial charge in [0.25, 0.3) is 10.0 Å². The predicted octanol–water partition coefficient (Wildman–Crippen LogP) is 6.52. The smallest absolute Gasteiger partial charge is 0.324 e. The molecule has 0 saturated carbocycles. The van der Waals surface area contributed by atoms with Gasteiger partial charge >= 0.3 is 11.9 Å². The van der Waals surface area contributed by atoms with Crippen molar-refractivity contribution >= 4 is 65.7 Å². The number of sulfonamides is 1. The molecule has 2 N–H and O–H groups in total. The lowest BCUT2D eigenvalue weighted by molar-refractivity contribution is -0.136. The Kier molecular flexibility index (Phi) is 7.63. The van der Waals surface area contributed by atoms with Gasteiger partial charge in [0.05, 0.1) is 10.6 Å². The molecule has 0 atom stereocenters. The van der Waals surface area contributed by atoms with E-state index in [1.165, 1.54) is 6.07 Å². The highest BCUT2D eigenvalue weighted by Gasteiger charge is 2.30. The molecule has 0 spiro atoms. The minimum absolute atomic E-state index is 0.00605. The summed E-state index contributed by atoms with van der Waals surface area (Å²) in [5.74, 6) is -2.34. The molecule has 6 aromatic carbocycles. The van der Waals surface area contributed by atoms with Crippen LogP contribution in [-0.2, 0) is 26.2 Å². The normalized spacial score (nSPS) is 11.5. The van der Waals surface area contributed by atoms with E-state index in [0.29, 0.717) is 27.2 Å². The highest BCUT2D eigenvalue weighted by molar-refractivity contribution is 7.93. The lowest BCUT2D eigenvalue weighted by Crippen LogP contribution is -2.36. The number of anilines is 2. The van der Waals surface area contributed by atoms with Crippen LogP contribution >= 0.6 is 0 Å². The number of carboxylic acid groups (broad SMARTS) is 2. The first-order valence-electron chi connectivity index (χ1n) is 13.9. The number of fused-ring (bicyclic) bond motifs is 3. The third-order valence-corrected chi connectivity index (χ3v) is 9.47. The maximum Gasteiger partial charge on any atom is 0.324 e. The molecule has 0 aliphatic heterocycles. The largest absolute Gasteiger partial charge is 0.480 e. The Hall–Kier alpha value is -5.41. The van der Waals surface area contributed by atoms with Gasteiger partial charge in [-0.3, -0.25) is 13.9 Å². The molecule has 0 bridgehead atoms. The second-order valence-corrected chi connectivity index (χ2v) is 12.3. The molecule has 0 amide bonds. The molecule has 6 rings (SSSR count). The lowest BCUT2D eigenvalue weighted by atomic mass is 10.0. The van der Waals surface area contributed by atoms with Crippen LogP contribution in [0.4, 0.5) is 11.4 Å². The van der Waals surface area contributed by atoms with Crippen LogP contribution in [0.25, 0.3) is 32.3 Å². The zero-order valence-corrected chi connectivity index (χ0v) is 24.3. The number of carboxylic acids is 2. The van der Waals surface area contributed by atoms with E-state index in [9.17, 15) is 28.2 Å². The second-order valence-electron chi connectivity index (χ2n) is 10.4. The summed E-state index contributed by atoms with van der Waals surface area (Å²) in [4.78, 5) is 25.9. The number of benzene rings is 6. The lowest BCUT2D eigenvalue weighted by Gasteiger charge is -2.29. The summed E-state index contributed by atoms with van der Waals surface area (Å²) < 4.78 is 29.4. The molecule has 0 aliphatic carbocycles. The van der Waals surface area contributed by atoms with Crippen molar-refractivity contribution in [3.8, 4) is 0 Å². The SMILES string of the molecule is O=C(O)CN(Cc1cccc2ccccc12)c1ccc(N(CC(=O)O)S(=O)(=O)c2cccc3ccccc23)c2ccccc12. The van der Waals surface area contributed by atoms with Gasteiger partial charge < -0.3 is 15.1 Å². The monoisotopic (exact) mass is 604 g/mol. The average Bonchev–Trinajstić information content (AvgIpc) is 3.02. The van der Waals surface area contributed by atoms with E-state index in [2.05, 4.69) is 0 Å². The van der Waals surface area contributed by atoms with Crippen LogP contribution in [0.15, 0.2) is 126 Å². The Bertz CT molecular complexity index is 2150. The van der Waals surface area contributed by atoms with Gasteiger partial charge in [0.2, 0.25) is 0 Å². The molecule has 9 heteroatoms. The van der Waals surface area contributed by atoms with Crippen LogP contribution < -0.4 is 9.21 Å². The molecule has 0 heterocycles. The maximum absolute atomic E-state index is 14.2. The second kappa shape index (κ2) is 11.7. The van der Waals surface area contributed by atoms with Gasteiger partial charge in [-0.1, -0.05) is 103 Å². The molecular formula is C35H28N2O6S. The van der Waals surface area contributed by atoms with Crippen molar-refractivity contribution in [3.05, 3.63) is 127 Å². The fourth-order valence-electron chi connectivity index (χ4n) is 5.75. The van der Waals surface area contributed by atoms with Crippen molar-refractivity contribution in [3.63, 3.8) is 0 Å². The number of carbonyl (C=O) groups is 2. The summed E-state index contributed by atoms with van der Waals surface area (Å²) in [6.07, 6.45) is 0. The van der Waals surface area contributed by atoms with Crippen molar-refractivity contribution in [2.75, 3.05) is 22.3 Å². The Labute approximate surface area is 254 Å². The fourth-order valence-corrected chi connectivity index (χ4v) is 7.40. The van der Waals surface area contributed by atoms with E-state index in [-0.39, 0.29) is 23.7 Å². The van der Waals surface area contributed by atoms with E-state index in [4.69, 9.17) is 0 Å². The van der Waals surface area contributed by atoms with Crippen LogP contribution in [0, 0.1) is 0 Å². The summed E-state index contributed by atoms with van der Waals surface area (Å²) in [6, 6.07) is 36.0. The van der Waals surface area contributed by atoms with E-state index in [0.717, 1.165) is 20.6 Å². The van der Waals surface area contributed by atoms with E-state index >= 15 is 0 Å². The van der Waals surface area contributed by atoms with Crippen LogP contribution in [-0.4, -0.2) is 43.7 Å². The molecule has 0 fully saturated rings. The Morgan fingerprint density at radius 1 is 0.545 bits per heavy atom. The maximum atomic E-state index is 14.2. The summed E-state index contributed by atoms with van der Waals surface area (Å²) in [6.45, 7) is -0.826. The first kappa shape index (κ1) is 28.7. The molecule has 44 heavy (non-hydrogen) atoms. The quantitative estimate of drug-likeness (QED) is 0.183. The number of hydrogen-bond acceptors (Lipinski definition) is 5. The minimum atomic E-state index is -4.35. The zero-order valence-electron chi connectivity index (χ0n) is 23.5. The van der Waals surface area contributed by atoms with Crippen LogP contribution in [0.1, 0.15) is 5.56 Å². The van der Waals surface area contributed by atoms with Crippen LogP contribution in [0.3, 0.4) is 0 Å². The van der Waals surface area contributed by atoms with Crippen molar-refractivity contribution in [1.29, 1.82) is 0 Å². The van der Waals surface area contributed by atoms with Gasteiger partial charge in [-0.05, 0) is 39.9 Å². The Morgan fingerprint density at radius 2 is 1.05 bits per heavy atom. The van der Waals surface area contributed by atoms with Gasteiger partial charge in [-0.25, -0.2) is 8.42 Å². The Balaban J connectivity index is 1.51. The van der Waals surface area contributed by atoms with Gasteiger partial charge in [0.15, 0.2) is 0 Å². The molecule has 220 valence electrons. The van der Waals surface area contributed by atoms with Crippen LogP contribution in [0.5, 0.6) is 0 Å². The molecular weight excluding hydrogens is 576 g/mol. The first-order valence-corrected chi connectivity index (χ1v) is 15.4. The summed E-state index contributed by atoms with van der Waals surface area (Å²) in [7, 11) is -4.35. The Morgan fingerprint density at radius 3 is 1.70 bits per heavy atom. The molecule has 0 unspecified atom stereocenters. The molecule has 8 nitrogen and oxygen atoms in total. The first-order chi connectivity index (χ1) is 21.2. The van der Waals surface area contributed by atoms with Crippen molar-refractivity contribution < 1.29 is 28.2 Å². The molecule has 0 aromatic heterocycles. The summed E-state index contributed by atoms with van der Waals surface area (Å²) in [5, 5.41) is 24.0. The van der Waals surface area contributed by atoms with Gasteiger partial charge in [-0.2, -0.15) is 0 Å². The van der Waals surface area contributed by atoms with Gasteiger partial charge in [0.1, 0.15) is 13.1 Å². The molecule has 6 aromatic rings. The fraction of sp³-hybridized carbons (Fsp3) is 0.0857. The zero-order chi connectivity index (χ0) is 30.8. The number of hydrogen-bond donors (Lipinski definition) is 2. The number of aliphatic carboxylic acids is 2. The van der Waals surface area contributed by atoms with E-state index in [1.54, 1.807) is 77.7 Å². The third kappa shape index (κ3) is 5.41. The van der Waals surface area contributed by atoms with E-state index in [1.807, 2.05) is 42.5 Å². The molecule has 0 aliphatic rings. The van der Waals surface area contributed by atoms with Gasteiger partial charge in [0, 0.05) is 28.4 Å². The average molecular weight is 605 g/mol. The van der Waals surface area contributed by atoms with Crippen molar-refractivity contribution in [2.45, 2.75) is 11.4 Å². The highest BCUT2D eigenvalue weighted by Crippen LogP contribution is 2.38. The van der Waals surface area contributed by atoms with Gasteiger partial charge in [-0.15, -0.1) is 0 Å². The molecule has 0 saturated heterocycles. The van der Waals surface area contributed by atoms with E-state index < -0.39 is 28.5 Å². The molecule has 0 radical (unpaired) electrons. The number of rotatable bonds is 10. The van der Waals surface area contributed by atoms with Crippen LogP contribution in [0.2, 0.25) is 0 Å².